The van der Waals surface area contributed by atoms with Crippen molar-refractivity contribution in [2.75, 3.05) is 16.3 Å². The first kappa shape index (κ1) is 21.2. The van der Waals surface area contributed by atoms with E-state index >= 15 is 0 Å². The number of aryl methyl sites for hydroxylation is 1. The van der Waals surface area contributed by atoms with Gasteiger partial charge >= 0.3 is 6.09 Å². The van der Waals surface area contributed by atoms with Crippen molar-refractivity contribution in [3.8, 4) is 11.4 Å². The molecule has 30 heavy (non-hydrogen) atoms. The molecule has 0 aliphatic heterocycles. The number of pyridine rings is 1. The lowest BCUT2D eigenvalue weighted by Crippen LogP contribution is -2.19. The molecule has 0 saturated heterocycles. The number of rotatable bonds is 6. The fourth-order valence-corrected chi connectivity index (χ4v) is 3.18. The highest BCUT2D eigenvalue weighted by Crippen LogP contribution is 2.26. The van der Waals surface area contributed by atoms with E-state index in [1.54, 1.807) is 26.1 Å². The number of sulfonamides is 1. The van der Waals surface area contributed by atoms with Crippen LogP contribution < -0.4 is 10.0 Å². The first-order valence-corrected chi connectivity index (χ1v) is 10.6. The van der Waals surface area contributed by atoms with Crippen molar-refractivity contribution in [3.05, 3.63) is 54.0 Å². The summed E-state index contributed by atoms with van der Waals surface area (Å²) >= 11 is 0. The van der Waals surface area contributed by atoms with Crippen molar-refractivity contribution in [2.45, 2.75) is 13.0 Å². The van der Waals surface area contributed by atoms with E-state index in [2.05, 4.69) is 25.3 Å². The molecule has 1 atom stereocenters. The first-order chi connectivity index (χ1) is 14.1. The van der Waals surface area contributed by atoms with E-state index in [9.17, 15) is 17.6 Å². The number of nitrogens with zero attached hydrogens (tertiary/aromatic N) is 4. The molecule has 3 aromatic rings. The number of hydrogen-bond donors (Lipinski definition) is 2. The molecule has 10 nitrogen and oxygen atoms in total. The molecule has 0 bridgehead atoms. The Bertz CT molecular complexity index is 1160. The number of anilines is 2. The summed E-state index contributed by atoms with van der Waals surface area (Å²) in [5.41, 5.74) is 1.11. The highest BCUT2D eigenvalue weighted by atomic mass is 32.2. The Labute approximate surface area is 172 Å². The van der Waals surface area contributed by atoms with Crippen molar-refractivity contribution in [3.63, 3.8) is 0 Å². The maximum atomic E-state index is 13.9. The Hall–Kier alpha value is -3.54. The van der Waals surface area contributed by atoms with Crippen LogP contribution in [0.4, 0.5) is 20.7 Å². The van der Waals surface area contributed by atoms with Crippen LogP contribution >= 0.6 is 0 Å². The van der Waals surface area contributed by atoms with E-state index in [-0.39, 0.29) is 22.8 Å². The number of carbonyl (C=O) groups excluding carboxylic acids is 1. The molecule has 0 spiro atoms. The molecule has 0 saturated carbocycles. The third-order valence-corrected chi connectivity index (χ3v) is 4.59. The SMILES string of the molecule is C[C@@H](OC(=O)Nc1c(-c2ccc(NS(C)(=O)=O)cn2)nnn1C)c1ccccc1F. The van der Waals surface area contributed by atoms with Crippen LogP contribution in [0.2, 0.25) is 0 Å². The minimum atomic E-state index is -3.43. The quantitative estimate of drug-likeness (QED) is 0.610. The topological polar surface area (TPSA) is 128 Å². The number of nitrogens with one attached hydrogen (secondary N) is 2. The van der Waals surface area contributed by atoms with Gasteiger partial charge < -0.3 is 4.74 Å². The third kappa shape index (κ3) is 5.08. The maximum absolute atomic E-state index is 13.9. The number of halogens is 1. The van der Waals surface area contributed by atoms with Gasteiger partial charge in [0, 0.05) is 12.6 Å². The zero-order valence-corrected chi connectivity index (χ0v) is 17.1. The van der Waals surface area contributed by atoms with Crippen LogP contribution in [0.1, 0.15) is 18.6 Å². The second-order valence-electron chi connectivity index (χ2n) is 6.41. The average molecular weight is 434 g/mol. The molecular formula is C18H19FN6O4S. The summed E-state index contributed by atoms with van der Waals surface area (Å²) in [4.78, 5) is 16.5. The molecule has 12 heteroatoms. The Kier molecular flexibility index (Phi) is 5.96. The van der Waals surface area contributed by atoms with E-state index in [0.29, 0.717) is 5.69 Å². The molecule has 2 N–H and O–H groups in total. The monoisotopic (exact) mass is 434 g/mol. The number of carbonyl (C=O) groups is 1. The van der Waals surface area contributed by atoms with Crippen LogP contribution in [0.25, 0.3) is 11.4 Å². The van der Waals surface area contributed by atoms with Crippen LogP contribution in [0.15, 0.2) is 42.6 Å². The van der Waals surface area contributed by atoms with Crippen molar-refractivity contribution in [2.24, 2.45) is 7.05 Å². The van der Waals surface area contributed by atoms with Gasteiger partial charge in [0.15, 0.2) is 11.5 Å². The van der Waals surface area contributed by atoms with Crippen molar-refractivity contribution < 1.29 is 22.3 Å². The van der Waals surface area contributed by atoms with Crippen molar-refractivity contribution in [1.82, 2.24) is 20.0 Å². The van der Waals surface area contributed by atoms with Crippen LogP contribution in [0, 0.1) is 5.82 Å². The molecule has 0 aliphatic rings. The third-order valence-electron chi connectivity index (χ3n) is 3.98. The van der Waals surface area contributed by atoms with E-state index in [1.165, 1.54) is 35.1 Å². The Balaban J connectivity index is 1.76. The van der Waals surface area contributed by atoms with Gasteiger partial charge in [-0.15, -0.1) is 5.10 Å². The van der Waals surface area contributed by atoms with E-state index in [0.717, 1.165) is 6.26 Å². The Morgan fingerprint density at radius 2 is 1.97 bits per heavy atom. The maximum Gasteiger partial charge on any atom is 0.413 e. The second-order valence-corrected chi connectivity index (χ2v) is 8.16. The van der Waals surface area contributed by atoms with Gasteiger partial charge in [0.25, 0.3) is 0 Å². The van der Waals surface area contributed by atoms with Gasteiger partial charge in [0.05, 0.1) is 23.8 Å². The number of ether oxygens (including phenoxy) is 1. The molecule has 1 amide bonds. The Morgan fingerprint density at radius 3 is 2.60 bits per heavy atom. The summed E-state index contributed by atoms with van der Waals surface area (Å²) < 4.78 is 45.3. The molecule has 0 fully saturated rings. The summed E-state index contributed by atoms with van der Waals surface area (Å²) in [6, 6.07) is 9.03. The van der Waals surface area contributed by atoms with Gasteiger partial charge in [-0.2, -0.15) is 0 Å². The van der Waals surface area contributed by atoms with E-state index in [1.807, 2.05) is 0 Å². The predicted octanol–water partition coefficient (Wildman–Crippen LogP) is 2.70. The predicted molar refractivity (Wildman–Crippen MR) is 108 cm³/mol. The minimum absolute atomic E-state index is 0.206. The first-order valence-electron chi connectivity index (χ1n) is 8.70. The van der Waals surface area contributed by atoms with Gasteiger partial charge in [0.1, 0.15) is 11.9 Å². The summed E-state index contributed by atoms with van der Waals surface area (Å²) in [5, 5.41) is 10.4. The van der Waals surface area contributed by atoms with Crippen molar-refractivity contribution >= 4 is 27.6 Å². The normalized spacial score (nSPS) is 12.3. The van der Waals surface area contributed by atoms with Crippen molar-refractivity contribution in [1.29, 1.82) is 0 Å². The van der Waals surface area contributed by atoms with Gasteiger partial charge in [-0.25, -0.2) is 22.3 Å². The number of hydrogen-bond acceptors (Lipinski definition) is 7. The van der Waals surface area contributed by atoms with Crippen LogP contribution in [0.5, 0.6) is 0 Å². The van der Waals surface area contributed by atoms with E-state index in [4.69, 9.17) is 4.74 Å². The number of benzene rings is 1. The van der Waals surface area contributed by atoms with Crippen LogP contribution in [-0.2, 0) is 21.8 Å². The molecule has 0 radical (unpaired) electrons. The average Bonchev–Trinajstić information content (AvgIpc) is 3.02. The lowest BCUT2D eigenvalue weighted by molar-refractivity contribution is 0.119. The molecule has 1 aromatic carbocycles. The van der Waals surface area contributed by atoms with Gasteiger partial charge in [-0.1, -0.05) is 23.4 Å². The molecule has 158 valence electrons. The molecule has 0 unspecified atom stereocenters. The standard InChI is InChI=1S/C18H19FN6O4S/c1-11(13-6-4-5-7-14(13)19)29-18(26)21-17-16(22-24-25(17)2)15-9-8-12(10-20-15)23-30(3,27)28/h4-11,23H,1-3H3,(H,21,26)/t11-/m1/s1. The minimum Gasteiger partial charge on any atom is -0.441 e. The largest absolute Gasteiger partial charge is 0.441 e. The molecular weight excluding hydrogens is 415 g/mol. The zero-order chi connectivity index (χ0) is 21.9. The number of amides is 1. The van der Waals surface area contributed by atoms with Gasteiger partial charge in [-0.05, 0) is 25.1 Å². The summed E-state index contributed by atoms with van der Waals surface area (Å²) in [5.74, 6) is -0.273. The number of aromatic nitrogens is 4. The van der Waals surface area contributed by atoms with Gasteiger partial charge in [-0.3, -0.25) is 15.0 Å². The summed E-state index contributed by atoms with van der Waals surface area (Å²) in [6.45, 7) is 1.55. The lowest BCUT2D eigenvalue weighted by atomic mass is 10.1. The second kappa shape index (κ2) is 8.45. The molecule has 3 rings (SSSR count). The summed E-state index contributed by atoms with van der Waals surface area (Å²) in [6.07, 6.45) is 0.690. The van der Waals surface area contributed by atoms with Crippen LogP contribution in [0.3, 0.4) is 0 Å². The smallest absolute Gasteiger partial charge is 0.413 e. The fraction of sp³-hybridized carbons (Fsp3) is 0.222. The fourth-order valence-electron chi connectivity index (χ4n) is 2.63. The highest BCUT2D eigenvalue weighted by Gasteiger charge is 2.20. The highest BCUT2D eigenvalue weighted by molar-refractivity contribution is 7.92. The molecule has 2 heterocycles. The Morgan fingerprint density at radius 1 is 1.23 bits per heavy atom. The lowest BCUT2D eigenvalue weighted by Gasteiger charge is -2.15. The van der Waals surface area contributed by atoms with Crippen LogP contribution in [-0.4, -0.2) is 40.7 Å². The molecule has 2 aromatic heterocycles. The zero-order valence-electron chi connectivity index (χ0n) is 16.3. The molecule has 0 aliphatic carbocycles. The summed E-state index contributed by atoms with van der Waals surface area (Å²) in [7, 11) is -1.87. The van der Waals surface area contributed by atoms with Gasteiger partial charge in [0.2, 0.25) is 10.0 Å². The van der Waals surface area contributed by atoms with E-state index < -0.39 is 28.0 Å².